The van der Waals surface area contributed by atoms with Crippen LogP contribution in [0.5, 0.6) is 0 Å². The molecule has 0 amide bonds. The molecule has 0 unspecified atom stereocenters. The van der Waals surface area contributed by atoms with Crippen LogP contribution in [0.25, 0.3) is 22.5 Å². The quantitative estimate of drug-likeness (QED) is 0.379. The fraction of sp³-hybridized carbons (Fsp3) is 0.360. The first-order chi connectivity index (χ1) is 15.0. The highest BCUT2D eigenvalue weighted by Gasteiger charge is 2.19. The number of aliphatic hydroxyl groups excluding tert-OH is 1. The van der Waals surface area contributed by atoms with E-state index in [9.17, 15) is 4.79 Å². The van der Waals surface area contributed by atoms with Crippen molar-refractivity contribution in [1.82, 2.24) is 5.16 Å². The molecule has 31 heavy (non-hydrogen) atoms. The SMILES string of the molecule is CCOC(=O)Cc1ccccc1-c1ccc(-c2onc(C)c2N(C)CCCCO)cc1. The predicted octanol–water partition coefficient (Wildman–Crippen LogP) is 4.63. The number of rotatable bonds is 10. The molecule has 3 rings (SSSR count). The summed E-state index contributed by atoms with van der Waals surface area (Å²) in [7, 11) is 2.01. The maximum absolute atomic E-state index is 12.0. The standard InChI is InChI=1S/C25H30N2O4/c1-4-30-23(29)17-21-9-5-6-10-22(21)19-11-13-20(14-12-19)25-24(18(2)26-31-25)27(3)15-7-8-16-28/h5-6,9-14,28H,4,7-8,15-17H2,1-3H3. The van der Waals surface area contributed by atoms with Crippen LogP contribution in [0.4, 0.5) is 5.69 Å². The summed E-state index contributed by atoms with van der Waals surface area (Å²) in [6.07, 6.45) is 1.91. The molecule has 0 radical (unpaired) electrons. The molecule has 3 aromatic rings. The van der Waals surface area contributed by atoms with Crippen LogP contribution in [-0.4, -0.2) is 43.0 Å². The molecule has 0 atom stereocenters. The van der Waals surface area contributed by atoms with Gasteiger partial charge >= 0.3 is 5.97 Å². The van der Waals surface area contributed by atoms with Crippen molar-refractivity contribution >= 4 is 11.7 Å². The molecule has 0 saturated heterocycles. The number of carbonyl (C=O) groups is 1. The van der Waals surface area contributed by atoms with Gasteiger partial charge < -0.3 is 19.3 Å². The summed E-state index contributed by atoms with van der Waals surface area (Å²) in [4.78, 5) is 14.1. The summed E-state index contributed by atoms with van der Waals surface area (Å²) >= 11 is 0. The van der Waals surface area contributed by atoms with Crippen LogP contribution >= 0.6 is 0 Å². The molecule has 0 aliphatic rings. The minimum Gasteiger partial charge on any atom is -0.466 e. The van der Waals surface area contributed by atoms with Crippen LogP contribution in [0.1, 0.15) is 31.0 Å². The summed E-state index contributed by atoms with van der Waals surface area (Å²) in [6.45, 7) is 5.14. The minimum absolute atomic E-state index is 0.197. The fourth-order valence-electron chi connectivity index (χ4n) is 3.70. The van der Waals surface area contributed by atoms with Gasteiger partial charge in [0.25, 0.3) is 0 Å². The number of benzene rings is 2. The van der Waals surface area contributed by atoms with Crippen molar-refractivity contribution in [2.24, 2.45) is 0 Å². The molecule has 0 aliphatic carbocycles. The van der Waals surface area contributed by atoms with E-state index in [2.05, 4.69) is 10.1 Å². The van der Waals surface area contributed by atoms with Crippen molar-refractivity contribution in [3.05, 3.63) is 59.8 Å². The molecule has 0 aliphatic heterocycles. The molecule has 1 heterocycles. The Kier molecular flexibility index (Phi) is 7.84. The van der Waals surface area contributed by atoms with Gasteiger partial charge in [-0.05, 0) is 43.4 Å². The summed E-state index contributed by atoms with van der Waals surface area (Å²) in [5.74, 6) is 0.507. The predicted molar refractivity (Wildman–Crippen MR) is 122 cm³/mol. The Morgan fingerprint density at radius 2 is 1.81 bits per heavy atom. The number of ether oxygens (including phenoxy) is 1. The van der Waals surface area contributed by atoms with E-state index in [0.717, 1.165) is 58.8 Å². The summed E-state index contributed by atoms with van der Waals surface area (Å²) in [5.41, 5.74) is 5.72. The van der Waals surface area contributed by atoms with Gasteiger partial charge in [0, 0.05) is 25.8 Å². The van der Waals surface area contributed by atoms with Gasteiger partial charge in [-0.2, -0.15) is 0 Å². The van der Waals surface area contributed by atoms with Gasteiger partial charge in [-0.25, -0.2) is 0 Å². The molecule has 0 spiro atoms. The van der Waals surface area contributed by atoms with Crippen LogP contribution in [0.3, 0.4) is 0 Å². The Morgan fingerprint density at radius 3 is 2.52 bits per heavy atom. The number of esters is 1. The highest BCUT2D eigenvalue weighted by atomic mass is 16.5. The molecule has 6 nitrogen and oxygen atoms in total. The number of aromatic nitrogens is 1. The molecule has 1 N–H and O–H groups in total. The maximum atomic E-state index is 12.0. The number of carbonyl (C=O) groups excluding carboxylic acids is 1. The zero-order valence-electron chi connectivity index (χ0n) is 18.4. The second-order valence-corrected chi connectivity index (χ2v) is 7.51. The van der Waals surface area contributed by atoms with Gasteiger partial charge in [0.05, 0.1) is 13.0 Å². The zero-order chi connectivity index (χ0) is 22.2. The molecular formula is C25H30N2O4. The highest BCUT2D eigenvalue weighted by molar-refractivity contribution is 5.80. The van der Waals surface area contributed by atoms with E-state index in [0.29, 0.717) is 6.61 Å². The third-order valence-corrected chi connectivity index (χ3v) is 5.23. The average Bonchev–Trinajstić information content (AvgIpc) is 3.16. The number of nitrogens with zero attached hydrogens (tertiary/aromatic N) is 2. The topological polar surface area (TPSA) is 75.8 Å². The molecule has 6 heteroatoms. The van der Waals surface area contributed by atoms with E-state index in [1.807, 2.05) is 69.4 Å². The second kappa shape index (κ2) is 10.8. The van der Waals surface area contributed by atoms with E-state index in [1.165, 1.54) is 0 Å². The van der Waals surface area contributed by atoms with E-state index in [1.54, 1.807) is 0 Å². The van der Waals surface area contributed by atoms with Crippen molar-refractivity contribution in [3.8, 4) is 22.5 Å². The summed E-state index contributed by atoms with van der Waals surface area (Å²) < 4.78 is 10.8. The lowest BCUT2D eigenvalue weighted by molar-refractivity contribution is -0.142. The molecule has 2 aromatic carbocycles. The Morgan fingerprint density at radius 1 is 1.10 bits per heavy atom. The van der Waals surface area contributed by atoms with Crippen LogP contribution in [0.15, 0.2) is 53.1 Å². The number of unbranched alkanes of at least 4 members (excludes halogenated alkanes) is 1. The first kappa shape index (κ1) is 22.6. The van der Waals surface area contributed by atoms with Crippen LogP contribution in [0.2, 0.25) is 0 Å². The summed E-state index contributed by atoms with van der Waals surface area (Å²) in [5, 5.41) is 13.2. The Hall–Kier alpha value is -3.12. The monoisotopic (exact) mass is 422 g/mol. The second-order valence-electron chi connectivity index (χ2n) is 7.51. The van der Waals surface area contributed by atoms with Gasteiger partial charge in [0.1, 0.15) is 11.4 Å². The largest absolute Gasteiger partial charge is 0.466 e. The number of aryl methyl sites for hydroxylation is 1. The third-order valence-electron chi connectivity index (χ3n) is 5.23. The van der Waals surface area contributed by atoms with Crippen LogP contribution < -0.4 is 4.90 Å². The van der Waals surface area contributed by atoms with Crippen LogP contribution in [-0.2, 0) is 16.0 Å². The summed E-state index contributed by atoms with van der Waals surface area (Å²) in [6, 6.07) is 16.0. The highest BCUT2D eigenvalue weighted by Crippen LogP contribution is 2.35. The van der Waals surface area contributed by atoms with Crippen molar-refractivity contribution < 1.29 is 19.2 Å². The smallest absolute Gasteiger partial charge is 0.310 e. The van der Waals surface area contributed by atoms with Crippen molar-refractivity contribution in [1.29, 1.82) is 0 Å². The van der Waals surface area contributed by atoms with E-state index in [4.69, 9.17) is 14.4 Å². The van der Waals surface area contributed by atoms with E-state index >= 15 is 0 Å². The number of anilines is 1. The van der Waals surface area contributed by atoms with Gasteiger partial charge in [-0.15, -0.1) is 0 Å². The first-order valence-electron chi connectivity index (χ1n) is 10.7. The van der Waals surface area contributed by atoms with Crippen molar-refractivity contribution in [2.75, 3.05) is 31.7 Å². The molecular weight excluding hydrogens is 392 g/mol. The lowest BCUT2D eigenvalue weighted by Gasteiger charge is -2.19. The molecule has 0 saturated carbocycles. The van der Waals surface area contributed by atoms with Crippen molar-refractivity contribution in [3.63, 3.8) is 0 Å². The van der Waals surface area contributed by atoms with Gasteiger partial charge in [0.15, 0.2) is 5.76 Å². The van der Waals surface area contributed by atoms with Gasteiger partial charge in [0.2, 0.25) is 0 Å². The maximum Gasteiger partial charge on any atom is 0.310 e. The molecule has 0 bridgehead atoms. The molecule has 0 fully saturated rings. The van der Waals surface area contributed by atoms with Crippen LogP contribution in [0, 0.1) is 6.92 Å². The molecule has 1 aromatic heterocycles. The lowest BCUT2D eigenvalue weighted by atomic mass is 9.96. The zero-order valence-corrected chi connectivity index (χ0v) is 18.4. The first-order valence-corrected chi connectivity index (χ1v) is 10.7. The van der Waals surface area contributed by atoms with E-state index in [-0.39, 0.29) is 19.0 Å². The average molecular weight is 423 g/mol. The Balaban J connectivity index is 1.85. The normalized spacial score (nSPS) is 10.8. The minimum atomic E-state index is -0.224. The van der Waals surface area contributed by atoms with Gasteiger partial charge in [-0.1, -0.05) is 53.7 Å². The Bertz CT molecular complexity index is 995. The van der Waals surface area contributed by atoms with Crippen molar-refractivity contribution in [2.45, 2.75) is 33.1 Å². The Labute approximate surface area is 183 Å². The third kappa shape index (κ3) is 5.52. The lowest BCUT2D eigenvalue weighted by Crippen LogP contribution is -2.19. The molecule has 164 valence electrons. The number of hydrogen-bond acceptors (Lipinski definition) is 6. The fourth-order valence-corrected chi connectivity index (χ4v) is 3.70. The van der Waals surface area contributed by atoms with Gasteiger partial charge in [-0.3, -0.25) is 4.79 Å². The number of hydrogen-bond donors (Lipinski definition) is 1. The van der Waals surface area contributed by atoms with E-state index < -0.39 is 0 Å². The number of aliphatic hydroxyl groups is 1.